The van der Waals surface area contributed by atoms with Gasteiger partial charge in [-0.25, -0.2) is 13.1 Å². The van der Waals surface area contributed by atoms with Gasteiger partial charge >= 0.3 is 0 Å². The van der Waals surface area contributed by atoms with Crippen molar-refractivity contribution < 1.29 is 27.4 Å². The van der Waals surface area contributed by atoms with Gasteiger partial charge in [-0.3, -0.25) is 4.79 Å². The van der Waals surface area contributed by atoms with Crippen LogP contribution < -0.4 is 18.9 Å². The Morgan fingerprint density at radius 2 is 1.84 bits per heavy atom. The predicted octanol–water partition coefficient (Wildman–Crippen LogP) is 2.96. The zero-order valence-corrected chi connectivity index (χ0v) is 19.3. The fourth-order valence-electron chi connectivity index (χ4n) is 3.38. The Hall–Kier alpha value is -2.78. The molecule has 1 amide bonds. The van der Waals surface area contributed by atoms with Gasteiger partial charge in [-0.05, 0) is 42.7 Å². The van der Waals surface area contributed by atoms with Crippen LogP contribution in [-0.4, -0.2) is 53.1 Å². The molecule has 9 heteroatoms. The van der Waals surface area contributed by atoms with Crippen molar-refractivity contribution in [3.63, 3.8) is 0 Å². The van der Waals surface area contributed by atoms with Gasteiger partial charge in [0.1, 0.15) is 19.0 Å². The summed E-state index contributed by atoms with van der Waals surface area (Å²) in [5.74, 6) is 1.82. The van der Waals surface area contributed by atoms with E-state index in [1.54, 1.807) is 25.1 Å². The van der Waals surface area contributed by atoms with Crippen LogP contribution in [0.2, 0.25) is 0 Å². The van der Waals surface area contributed by atoms with Gasteiger partial charge in [0.15, 0.2) is 11.5 Å². The number of nitrogens with zero attached hydrogens (tertiary/aromatic N) is 1. The number of hydrogen-bond donors (Lipinski definition) is 1. The smallest absolute Gasteiger partial charge is 0.240 e. The molecule has 1 aliphatic heterocycles. The SMILES string of the molecule is COc1cccc(CN(C)C(=O)CCCCCNS(=O)(=O)c2ccc3c(c2)OCCO3)c1. The zero-order valence-electron chi connectivity index (χ0n) is 18.5. The lowest BCUT2D eigenvalue weighted by atomic mass is 10.1. The highest BCUT2D eigenvalue weighted by Crippen LogP contribution is 2.32. The number of nitrogens with one attached hydrogen (secondary N) is 1. The van der Waals surface area contributed by atoms with Crippen molar-refractivity contribution in [1.29, 1.82) is 0 Å². The number of fused-ring (bicyclic) bond motifs is 1. The summed E-state index contributed by atoms with van der Waals surface area (Å²) in [5, 5.41) is 0. The fourth-order valence-corrected chi connectivity index (χ4v) is 4.47. The summed E-state index contributed by atoms with van der Waals surface area (Å²) in [6.45, 7) is 1.68. The molecule has 1 aliphatic rings. The second-order valence-electron chi connectivity index (χ2n) is 7.62. The van der Waals surface area contributed by atoms with Crippen LogP contribution in [0.4, 0.5) is 0 Å². The van der Waals surface area contributed by atoms with Crippen LogP contribution in [-0.2, 0) is 21.4 Å². The van der Waals surface area contributed by atoms with E-state index in [0.717, 1.165) is 17.7 Å². The van der Waals surface area contributed by atoms with Crippen molar-refractivity contribution >= 4 is 15.9 Å². The maximum absolute atomic E-state index is 12.5. The van der Waals surface area contributed by atoms with Crippen LogP contribution in [0, 0.1) is 0 Å². The van der Waals surface area contributed by atoms with Gasteiger partial charge in [-0.1, -0.05) is 18.6 Å². The molecule has 2 aromatic carbocycles. The van der Waals surface area contributed by atoms with Gasteiger partial charge in [0.2, 0.25) is 15.9 Å². The minimum Gasteiger partial charge on any atom is -0.497 e. The summed E-state index contributed by atoms with van der Waals surface area (Å²) >= 11 is 0. The largest absolute Gasteiger partial charge is 0.497 e. The number of unbranched alkanes of at least 4 members (excludes halogenated alkanes) is 2. The number of rotatable bonds is 11. The Morgan fingerprint density at radius 1 is 1.06 bits per heavy atom. The first-order valence-corrected chi connectivity index (χ1v) is 12.1. The molecule has 0 atom stereocenters. The molecule has 0 bridgehead atoms. The minimum absolute atomic E-state index is 0.0599. The normalized spacial score (nSPS) is 12.9. The molecule has 0 radical (unpaired) electrons. The third-order valence-corrected chi connectivity index (χ3v) is 6.62. The van der Waals surface area contributed by atoms with Crippen LogP contribution in [0.3, 0.4) is 0 Å². The minimum atomic E-state index is -3.62. The van der Waals surface area contributed by atoms with Gasteiger partial charge in [0, 0.05) is 32.6 Å². The molecule has 8 nitrogen and oxygen atoms in total. The Balaban J connectivity index is 1.36. The standard InChI is InChI=1S/C23H30N2O6S/c1-25(17-18-7-6-8-19(15-18)29-2)23(26)9-4-3-5-12-24-32(27,28)20-10-11-21-22(16-20)31-14-13-30-21/h6-8,10-11,15-16,24H,3-5,9,12-14,17H2,1-2H3. The maximum Gasteiger partial charge on any atom is 0.240 e. The monoisotopic (exact) mass is 462 g/mol. The molecule has 1 N–H and O–H groups in total. The van der Waals surface area contributed by atoms with Crippen LogP contribution >= 0.6 is 0 Å². The second kappa shape index (κ2) is 11.2. The third kappa shape index (κ3) is 6.61. The van der Waals surface area contributed by atoms with E-state index in [4.69, 9.17) is 14.2 Å². The van der Waals surface area contributed by atoms with Gasteiger partial charge in [-0.15, -0.1) is 0 Å². The molecule has 0 fully saturated rings. The molecule has 174 valence electrons. The molecule has 0 unspecified atom stereocenters. The van der Waals surface area contributed by atoms with E-state index in [1.807, 2.05) is 24.3 Å². The third-order valence-electron chi connectivity index (χ3n) is 5.16. The van der Waals surface area contributed by atoms with E-state index < -0.39 is 10.0 Å². The summed E-state index contributed by atoms with van der Waals surface area (Å²) in [6.07, 6.45) is 2.53. The quantitative estimate of drug-likeness (QED) is 0.516. The van der Waals surface area contributed by atoms with E-state index in [-0.39, 0.29) is 10.8 Å². The van der Waals surface area contributed by atoms with Crippen LogP contribution in [0.1, 0.15) is 31.2 Å². The molecule has 0 saturated carbocycles. The highest BCUT2D eigenvalue weighted by atomic mass is 32.2. The number of methoxy groups -OCH3 is 1. The average Bonchev–Trinajstić information content (AvgIpc) is 2.80. The number of carbonyl (C=O) groups is 1. The van der Waals surface area contributed by atoms with Crippen molar-refractivity contribution in [3.8, 4) is 17.2 Å². The number of benzene rings is 2. The number of ether oxygens (including phenoxy) is 3. The number of sulfonamides is 1. The summed E-state index contributed by atoms with van der Waals surface area (Å²) in [7, 11) is -0.226. The summed E-state index contributed by atoms with van der Waals surface area (Å²) in [4.78, 5) is 14.2. The highest BCUT2D eigenvalue weighted by molar-refractivity contribution is 7.89. The Labute approximate surface area is 189 Å². The molecular formula is C23H30N2O6S. The van der Waals surface area contributed by atoms with Gasteiger partial charge in [0.05, 0.1) is 12.0 Å². The molecular weight excluding hydrogens is 432 g/mol. The molecule has 32 heavy (non-hydrogen) atoms. The number of hydrogen-bond acceptors (Lipinski definition) is 6. The van der Waals surface area contributed by atoms with Gasteiger partial charge < -0.3 is 19.1 Å². The zero-order chi connectivity index (χ0) is 23.0. The summed E-state index contributed by atoms with van der Waals surface area (Å²) in [6, 6.07) is 12.2. The van der Waals surface area contributed by atoms with Crippen molar-refractivity contribution in [3.05, 3.63) is 48.0 Å². The van der Waals surface area contributed by atoms with Gasteiger partial charge in [-0.2, -0.15) is 0 Å². The first-order valence-electron chi connectivity index (χ1n) is 10.7. The Kier molecular flexibility index (Phi) is 8.35. The predicted molar refractivity (Wildman–Crippen MR) is 121 cm³/mol. The van der Waals surface area contributed by atoms with E-state index in [2.05, 4.69) is 4.72 Å². The average molecular weight is 463 g/mol. The van der Waals surface area contributed by atoms with E-state index >= 15 is 0 Å². The molecule has 2 aromatic rings. The number of carbonyl (C=O) groups excluding carboxylic acids is 1. The maximum atomic E-state index is 12.5. The van der Waals surface area contributed by atoms with E-state index in [9.17, 15) is 13.2 Å². The lowest BCUT2D eigenvalue weighted by molar-refractivity contribution is -0.130. The lowest BCUT2D eigenvalue weighted by Crippen LogP contribution is -2.26. The molecule has 0 aliphatic carbocycles. The molecule has 3 rings (SSSR count). The Bertz CT molecular complexity index is 1020. The molecule has 0 spiro atoms. The lowest BCUT2D eigenvalue weighted by Gasteiger charge is -2.19. The van der Waals surface area contributed by atoms with Crippen molar-refractivity contribution in [2.75, 3.05) is 33.9 Å². The molecule has 1 heterocycles. The topological polar surface area (TPSA) is 94.2 Å². The Morgan fingerprint density at radius 3 is 2.62 bits per heavy atom. The second-order valence-corrected chi connectivity index (χ2v) is 9.38. The van der Waals surface area contributed by atoms with Crippen molar-refractivity contribution in [2.24, 2.45) is 0 Å². The van der Waals surface area contributed by atoms with E-state index in [0.29, 0.717) is 57.1 Å². The highest BCUT2D eigenvalue weighted by Gasteiger charge is 2.19. The molecule has 0 saturated heterocycles. The van der Waals surface area contributed by atoms with Crippen molar-refractivity contribution in [2.45, 2.75) is 37.1 Å². The molecule has 0 aromatic heterocycles. The fraction of sp³-hybridized carbons (Fsp3) is 0.435. The van der Waals surface area contributed by atoms with Gasteiger partial charge in [0.25, 0.3) is 0 Å². The van der Waals surface area contributed by atoms with Crippen molar-refractivity contribution in [1.82, 2.24) is 9.62 Å². The number of amides is 1. The van der Waals surface area contributed by atoms with Crippen LogP contribution in [0.25, 0.3) is 0 Å². The van der Waals surface area contributed by atoms with Crippen LogP contribution in [0.15, 0.2) is 47.4 Å². The van der Waals surface area contributed by atoms with E-state index in [1.165, 1.54) is 12.1 Å². The first-order chi connectivity index (χ1) is 15.4. The summed E-state index contributed by atoms with van der Waals surface area (Å²) in [5.41, 5.74) is 1.01. The summed E-state index contributed by atoms with van der Waals surface area (Å²) < 4.78 is 43.7. The first kappa shape index (κ1) is 23.9. The van der Waals surface area contributed by atoms with Crippen LogP contribution in [0.5, 0.6) is 17.2 Å².